The zero-order chi connectivity index (χ0) is 17.1. The Bertz CT molecular complexity index is 712. The highest BCUT2D eigenvalue weighted by atomic mass is 35.5. The predicted octanol–water partition coefficient (Wildman–Crippen LogP) is 0.807. The van der Waals surface area contributed by atoms with Gasteiger partial charge in [0.15, 0.2) is 12.0 Å². The largest absolute Gasteiger partial charge is 0.490 e. The van der Waals surface area contributed by atoms with Gasteiger partial charge in [-0.2, -0.15) is 0 Å². The summed E-state index contributed by atoms with van der Waals surface area (Å²) in [4.78, 5) is 15.8. The highest BCUT2D eigenvalue weighted by Gasteiger charge is 2.33. The molecule has 134 valence electrons. The quantitative estimate of drug-likeness (QED) is 0.756. The van der Waals surface area contributed by atoms with Crippen LogP contribution in [0.1, 0.15) is 19.4 Å². The van der Waals surface area contributed by atoms with Crippen LogP contribution < -0.4 is 15.3 Å². The standard InChI is InChI=1S/C18H26N2O3.ClH/c1-12(2)23-17-16-14(11-21)13(3)7-8-15(16)20(18(17)22-6)10-9-19(4)5;/h7-8,12,18H,9-10H2,1-6H3;1H. The second kappa shape index (κ2) is 8.54. The van der Waals surface area contributed by atoms with E-state index in [9.17, 15) is 4.79 Å². The molecule has 1 aliphatic heterocycles. The molecule has 0 saturated carbocycles. The topological polar surface area (TPSA) is 42.0 Å². The van der Waals surface area contributed by atoms with E-state index >= 15 is 0 Å². The number of halogens is 1. The molecule has 0 aliphatic carbocycles. The van der Waals surface area contributed by atoms with E-state index in [-0.39, 0.29) is 24.7 Å². The average Bonchev–Trinajstić information content (AvgIpc) is 2.77. The van der Waals surface area contributed by atoms with E-state index in [2.05, 4.69) is 15.7 Å². The lowest BCUT2D eigenvalue weighted by Crippen LogP contribution is -2.39. The Morgan fingerprint density at radius 2 is 2.00 bits per heavy atom. The molecule has 6 heteroatoms. The molecular formula is C18H27ClN2O3. The lowest BCUT2D eigenvalue weighted by Gasteiger charge is -2.30. The van der Waals surface area contributed by atoms with Crippen molar-refractivity contribution >= 4 is 29.8 Å². The van der Waals surface area contributed by atoms with Gasteiger partial charge in [-0.15, -0.1) is 12.4 Å². The molecular weight excluding hydrogens is 328 g/mol. The van der Waals surface area contributed by atoms with Gasteiger partial charge in [-0.1, -0.05) is 6.07 Å². The van der Waals surface area contributed by atoms with Crippen molar-refractivity contribution in [2.75, 3.05) is 39.2 Å². The lowest BCUT2D eigenvalue weighted by molar-refractivity contribution is 0.0883. The van der Waals surface area contributed by atoms with Crippen LogP contribution >= 0.6 is 12.4 Å². The molecule has 1 aliphatic rings. The van der Waals surface area contributed by atoms with E-state index < -0.39 is 0 Å². The van der Waals surface area contributed by atoms with Crippen molar-refractivity contribution < 1.29 is 14.3 Å². The van der Waals surface area contributed by atoms with Crippen LogP contribution in [0.2, 0.25) is 0 Å². The van der Waals surface area contributed by atoms with Gasteiger partial charge in [-0.25, -0.2) is 4.79 Å². The number of anilines is 1. The molecule has 2 rings (SSSR count). The lowest BCUT2D eigenvalue weighted by atomic mass is 10.1. The molecule has 0 saturated heterocycles. The summed E-state index contributed by atoms with van der Waals surface area (Å²) in [7, 11) is 5.74. The number of ether oxygens (including phenoxy) is 2. The van der Waals surface area contributed by atoms with Crippen molar-refractivity contribution in [1.29, 1.82) is 0 Å². The average molecular weight is 355 g/mol. The van der Waals surface area contributed by atoms with Crippen molar-refractivity contribution in [2.24, 2.45) is 0 Å². The Balaban J connectivity index is 0.00000288. The minimum absolute atomic E-state index is 0. The van der Waals surface area contributed by atoms with Crippen LogP contribution in [0.3, 0.4) is 0 Å². The van der Waals surface area contributed by atoms with Gasteiger partial charge in [0.25, 0.3) is 0 Å². The monoisotopic (exact) mass is 354 g/mol. The highest BCUT2D eigenvalue weighted by molar-refractivity contribution is 5.85. The first-order valence-electron chi connectivity index (χ1n) is 7.90. The van der Waals surface area contributed by atoms with Crippen LogP contribution in [-0.4, -0.2) is 57.5 Å². The SMILES string of the molecule is COC1C(OC(C)C)=c2c(ccc(C)c2=C=O)N1CCN(C)C.Cl. The van der Waals surface area contributed by atoms with Gasteiger partial charge in [0.2, 0.25) is 0 Å². The Morgan fingerprint density at radius 3 is 2.50 bits per heavy atom. The number of rotatable bonds is 6. The summed E-state index contributed by atoms with van der Waals surface area (Å²) >= 11 is 0. The zero-order valence-corrected chi connectivity index (χ0v) is 16.1. The number of methoxy groups -OCH3 is 1. The van der Waals surface area contributed by atoms with Crippen LogP contribution in [0.4, 0.5) is 5.69 Å². The Morgan fingerprint density at radius 1 is 1.33 bits per heavy atom. The van der Waals surface area contributed by atoms with Gasteiger partial charge in [0, 0.05) is 20.2 Å². The number of carbonyl (C=O) groups excluding carboxylic acids is 1. The van der Waals surface area contributed by atoms with Gasteiger partial charge in [0.05, 0.1) is 22.2 Å². The summed E-state index contributed by atoms with van der Waals surface area (Å²) in [5.74, 6) is 2.79. The predicted molar refractivity (Wildman–Crippen MR) is 98.8 cm³/mol. The van der Waals surface area contributed by atoms with E-state index in [0.717, 1.165) is 29.6 Å². The molecule has 1 unspecified atom stereocenters. The number of aryl methyl sites for hydroxylation is 1. The second-order valence-electron chi connectivity index (χ2n) is 6.37. The summed E-state index contributed by atoms with van der Waals surface area (Å²) < 4.78 is 11.7. The van der Waals surface area contributed by atoms with Crippen molar-refractivity contribution in [3.05, 3.63) is 28.1 Å². The van der Waals surface area contributed by atoms with Crippen molar-refractivity contribution in [1.82, 2.24) is 4.90 Å². The van der Waals surface area contributed by atoms with Gasteiger partial charge in [-0.05, 0) is 46.5 Å². The molecule has 0 radical (unpaired) electrons. The first-order valence-corrected chi connectivity index (χ1v) is 7.90. The Hall–Kier alpha value is -1.52. The third kappa shape index (κ3) is 3.93. The molecule has 1 aromatic rings. The highest BCUT2D eigenvalue weighted by Crippen LogP contribution is 2.26. The van der Waals surface area contributed by atoms with E-state index in [1.165, 1.54) is 0 Å². The molecule has 5 nitrogen and oxygen atoms in total. The van der Waals surface area contributed by atoms with Crippen LogP contribution in [0.25, 0.3) is 5.76 Å². The Kier molecular flexibility index (Phi) is 7.30. The van der Waals surface area contributed by atoms with Crippen LogP contribution in [-0.2, 0) is 14.3 Å². The Labute approximate surface area is 149 Å². The zero-order valence-electron chi connectivity index (χ0n) is 15.3. The third-order valence-electron chi connectivity index (χ3n) is 3.93. The molecule has 0 spiro atoms. The number of fused-ring (bicyclic) bond motifs is 1. The van der Waals surface area contributed by atoms with Crippen molar-refractivity contribution in [2.45, 2.75) is 33.1 Å². The number of benzene rings is 1. The minimum atomic E-state index is -0.318. The van der Waals surface area contributed by atoms with Crippen LogP contribution in [0, 0.1) is 6.92 Å². The van der Waals surface area contributed by atoms with Crippen molar-refractivity contribution in [3.8, 4) is 0 Å². The van der Waals surface area contributed by atoms with E-state index in [4.69, 9.17) is 9.47 Å². The maximum atomic E-state index is 11.5. The molecule has 24 heavy (non-hydrogen) atoms. The fourth-order valence-corrected chi connectivity index (χ4v) is 2.86. The smallest absolute Gasteiger partial charge is 0.189 e. The molecule has 1 aromatic carbocycles. The molecule has 0 fully saturated rings. The van der Waals surface area contributed by atoms with E-state index in [1.54, 1.807) is 7.11 Å². The molecule has 1 atom stereocenters. The number of hydrogen-bond acceptors (Lipinski definition) is 5. The summed E-state index contributed by atoms with van der Waals surface area (Å²) in [6.07, 6.45) is -0.314. The third-order valence-corrected chi connectivity index (χ3v) is 3.93. The van der Waals surface area contributed by atoms with Gasteiger partial charge in [-0.3, -0.25) is 0 Å². The molecule has 0 N–H and O–H groups in total. The molecule has 0 amide bonds. The van der Waals surface area contributed by atoms with Crippen LogP contribution in [0.5, 0.6) is 0 Å². The van der Waals surface area contributed by atoms with Crippen LogP contribution in [0.15, 0.2) is 12.1 Å². The fraction of sp³-hybridized carbons (Fsp3) is 0.556. The minimum Gasteiger partial charge on any atom is -0.490 e. The number of nitrogens with zero attached hydrogens (tertiary/aromatic N) is 2. The first-order chi connectivity index (χ1) is 10.9. The first kappa shape index (κ1) is 20.5. The maximum absolute atomic E-state index is 11.5. The summed E-state index contributed by atoms with van der Waals surface area (Å²) in [5, 5.41) is 1.38. The van der Waals surface area contributed by atoms with Gasteiger partial charge < -0.3 is 19.3 Å². The number of hydrogen-bond donors (Lipinski definition) is 0. The molecule has 0 aromatic heterocycles. The summed E-state index contributed by atoms with van der Waals surface area (Å²) in [6.45, 7) is 7.52. The van der Waals surface area contributed by atoms with E-state index in [0.29, 0.717) is 11.0 Å². The van der Waals surface area contributed by atoms with Gasteiger partial charge in [0.1, 0.15) is 5.94 Å². The normalized spacial score (nSPS) is 16.2. The molecule has 1 heterocycles. The van der Waals surface area contributed by atoms with Gasteiger partial charge >= 0.3 is 0 Å². The van der Waals surface area contributed by atoms with Crippen molar-refractivity contribution in [3.63, 3.8) is 0 Å². The molecule has 0 bridgehead atoms. The summed E-state index contributed by atoms with van der Waals surface area (Å²) in [6, 6.07) is 3.98. The summed E-state index contributed by atoms with van der Waals surface area (Å²) in [5.41, 5.74) is 1.87. The fourth-order valence-electron chi connectivity index (χ4n) is 2.86. The number of likely N-dealkylation sites (N-methyl/N-ethyl adjacent to an activating group) is 1. The second-order valence-corrected chi connectivity index (χ2v) is 6.37. The van der Waals surface area contributed by atoms with E-state index in [1.807, 2.05) is 47.0 Å². The maximum Gasteiger partial charge on any atom is 0.189 e.